The molecule has 112 valence electrons. The van der Waals surface area contributed by atoms with Crippen molar-refractivity contribution in [2.75, 3.05) is 18.0 Å². The second kappa shape index (κ2) is 5.76. The molecular weight excluding hydrogens is 248 g/mol. The lowest BCUT2D eigenvalue weighted by molar-refractivity contribution is 0.528. The molecule has 1 atom stereocenters. The lowest BCUT2D eigenvalue weighted by Gasteiger charge is -2.21. The van der Waals surface area contributed by atoms with Crippen LogP contribution in [0.5, 0.6) is 0 Å². The van der Waals surface area contributed by atoms with Crippen LogP contribution in [0.15, 0.2) is 0 Å². The summed E-state index contributed by atoms with van der Waals surface area (Å²) in [5, 5.41) is 8.31. The first-order valence-corrected chi connectivity index (χ1v) is 8.19. The summed E-state index contributed by atoms with van der Waals surface area (Å²) in [4.78, 5) is 2.56. The number of aryl methyl sites for hydroxylation is 2. The fraction of sp³-hybridized carbons (Fsp3) is 0.812. The van der Waals surface area contributed by atoms with Crippen molar-refractivity contribution in [1.29, 1.82) is 0 Å². The summed E-state index contributed by atoms with van der Waals surface area (Å²) in [7, 11) is 2.09. The van der Waals surface area contributed by atoms with Gasteiger partial charge in [-0.25, -0.2) is 0 Å². The Morgan fingerprint density at radius 1 is 1.30 bits per heavy atom. The van der Waals surface area contributed by atoms with Crippen LogP contribution in [0, 0.1) is 12.8 Å². The highest BCUT2D eigenvalue weighted by Gasteiger charge is 2.28. The molecule has 2 heterocycles. The highest BCUT2D eigenvalue weighted by molar-refractivity contribution is 5.51. The molecule has 4 heteroatoms. The third-order valence-electron chi connectivity index (χ3n) is 4.74. The molecule has 2 fully saturated rings. The first-order valence-electron chi connectivity index (χ1n) is 8.19. The highest BCUT2D eigenvalue weighted by atomic mass is 15.4. The Morgan fingerprint density at radius 3 is 2.80 bits per heavy atom. The van der Waals surface area contributed by atoms with Crippen LogP contribution in [0.4, 0.5) is 5.82 Å². The largest absolute Gasteiger partial charge is 0.356 e. The Morgan fingerprint density at radius 2 is 2.10 bits per heavy atom. The maximum Gasteiger partial charge on any atom is 0.131 e. The van der Waals surface area contributed by atoms with Crippen LogP contribution in [-0.2, 0) is 13.6 Å². The molecule has 1 aromatic heterocycles. The summed E-state index contributed by atoms with van der Waals surface area (Å²) in [6.07, 6.45) is 6.70. The molecule has 1 saturated carbocycles. The number of rotatable bonds is 6. The molecule has 1 aliphatic heterocycles. The molecule has 2 aliphatic rings. The van der Waals surface area contributed by atoms with Crippen LogP contribution in [0.25, 0.3) is 0 Å². The summed E-state index contributed by atoms with van der Waals surface area (Å²) in [6.45, 7) is 7.83. The van der Waals surface area contributed by atoms with E-state index in [0.29, 0.717) is 0 Å². The van der Waals surface area contributed by atoms with Gasteiger partial charge in [-0.05, 0) is 38.5 Å². The minimum Gasteiger partial charge on any atom is -0.356 e. The van der Waals surface area contributed by atoms with Gasteiger partial charge in [0.25, 0.3) is 0 Å². The van der Waals surface area contributed by atoms with Crippen LogP contribution in [-0.4, -0.2) is 28.9 Å². The Bertz CT molecular complexity index is 461. The minimum absolute atomic E-state index is 0.758. The molecule has 1 N–H and O–H groups in total. The van der Waals surface area contributed by atoms with Crippen molar-refractivity contribution >= 4 is 5.82 Å². The molecule has 0 aromatic carbocycles. The molecule has 4 nitrogen and oxygen atoms in total. The molecule has 3 rings (SSSR count). The zero-order chi connectivity index (χ0) is 14.1. The third kappa shape index (κ3) is 2.85. The number of nitrogens with one attached hydrogen (secondary N) is 1. The van der Waals surface area contributed by atoms with E-state index in [1.54, 1.807) is 0 Å². The topological polar surface area (TPSA) is 33.1 Å². The molecule has 1 aliphatic carbocycles. The summed E-state index contributed by atoms with van der Waals surface area (Å²) in [5.41, 5.74) is 2.60. The number of anilines is 1. The molecule has 0 spiro atoms. The highest BCUT2D eigenvalue weighted by Crippen LogP contribution is 2.31. The Labute approximate surface area is 122 Å². The van der Waals surface area contributed by atoms with Crippen molar-refractivity contribution in [3.63, 3.8) is 0 Å². The van der Waals surface area contributed by atoms with Crippen LogP contribution < -0.4 is 10.2 Å². The van der Waals surface area contributed by atoms with Crippen molar-refractivity contribution < 1.29 is 0 Å². The lowest BCUT2D eigenvalue weighted by Crippen LogP contribution is -2.25. The van der Waals surface area contributed by atoms with E-state index in [1.807, 2.05) is 0 Å². The fourth-order valence-electron chi connectivity index (χ4n) is 3.50. The molecule has 20 heavy (non-hydrogen) atoms. The number of hydrogen-bond donors (Lipinski definition) is 1. The minimum atomic E-state index is 0.758. The molecule has 0 bridgehead atoms. The van der Waals surface area contributed by atoms with E-state index >= 15 is 0 Å². The van der Waals surface area contributed by atoms with Crippen LogP contribution in [0.1, 0.15) is 50.3 Å². The van der Waals surface area contributed by atoms with E-state index in [-0.39, 0.29) is 0 Å². The first-order chi connectivity index (χ1) is 9.69. The second-order valence-electron chi connectivity index (χ2n) is 6.56. The van der Waals surface area contributed by atoms with Crippen molar-refractivity contribution in [2.24, 2.45) is 13.0 Å². The number of aromatic nitrogens is 2. The molecular formula is C16H28N4. The maximum absolute atomic E-state index is 4.66. The molecule has 1 saturated heterocycles. The standard InChI is InChI=1S/C16H28N4/c1-4-5-13-8-9-20(11-13)16-15(10-17-14-6-7-14)12(2)18-19(16)3/h13-14,17H,4-11H2,1-3H3. The molecule has 1 aromatic rings. The van der Waals surface area contributed by atoms with Gasteiger partial charge in [-0.1, -0.05) is 13.3 Å². The SMILES string of the molecule is CCCC1CCN(c2c(CNC3CC3)c(C)nn2C)C1. The van der Waals surface area contributed by atoms with Gasteiger partial charge in [0.2, 0.25) is 0 Å². The van der Waals surface area contributed by atoms with Gasteiger partial charge in [-0.2, -0.15) is 5.10 Å². The number of hydrogen-bond acceptors (Lipinski definition) is 3. The second-order valence-corrected chi connectivity index (χ2v) is 6.56. The van der Waals surface area contributed by atoms with Gasteiger partial charge in [-0.15, -0.1) is 0 Å². The van der Waals surface area contributed by atoms with Crippen molar-refractivity contribution in [3.05, 3.63) is 11.3 Å². The van der Waals surface area contributed by atoms with E-state index in [1.165, 1.54) is 62.3 Å². The van der Waals surface area contributed by atoms with Gasteiger partial charge in [0.15, 0.2) is 0 Å². The molecule has 1 unspecified atom stereocenters. The van der Waals surface area contributed by atoms with Gasteiger partial charge in [0.05, 0.1) is 5.69 Å². The third-order valence-corrected chi connectivity index (χ3v) is 4.74. The Hall–Kier alpha value is -1.03. The fourth-order valence-corrected chi connectivity index (χ4v) is 3.50. The van der Waals surface area contributed by atoms with Crippen molar-refractivity contribution in [3.8, 4) is 0 Å². The van der Waals surface area contributed by atoms with Crippen LogP contribution in [0.2, 0.25) is 0 Å². The van der Waals surface area contributed by atoms with E-state index in [4.69, 9.17) is 0 Å². The first kappa shape index (κ1) is 13.9. The van der Waals surface area contributed by atoms with Gasteiger partial charge in [0, 0.05) is 38.3 Å². The Balaban J connectivity index is 1.73. The quantitative estimate of drug-likeness (QED) is 0.867. The van der Waals surface area contributed by atoms with Gasteiger partial charge in [0.1, 0.15) is 5.82 Å². The van der Waals surface area contributed by atoms with Crippen molar-refractivity contribution in [1.82, 2.24) is 15.1 Å². The van der Waals surface area contributed by atoms with Crippen LogP contribution in [0.3, 0.4) is 0 Å². The van der Waals surface area contributed by atoms with Crippen LogP contribution >= 0.6 is 0 Å². The lowest BCUT2D eigenvalue weighted by atomic mass is 10.0. The van der Waals surface area contributed by atoms with E-state index in [0.717, 1.165) is 18.5 Å². The van der Waals surface area contributed by atoms with Gasteiger partial charge < -0.3 is 10.2 Å². The average Bonchev–Trinajstić information content (AvgIpc) is 3.05. The monoisotopic (exact) mass is 276 g/mol. The predicted octanol–water partition coefficient (Wildman–Crippen LogP) is 2.61. The average molecular weight is 276 g/mol. The zero-order valence-electron chi connectivity index (χ0n) is 13.2. The van der Waals surface area contributed by atoms with E-state index in [2.05, 4.69) is 40.9 Å². The maximum atomic E-state index is 4.66. The molecule has 0 radical (unpaired) electrons. The van der Waals surface area contributed by atoms with Gasteiger partial charge >= 0.3 is 0 Å². The normalized spacial score (nSPS) is 22.8. The molecule has 0 amide bonds. The van der Waals surface area contributed by atoms with Crippen molar-refractivity contribution in [2.45, 2.75) is 58.5 Å². The zero-order valence-corrected chi connectivity index (χ0v) is 13.2. The Kier molecular flexibility index (Phi) is 4.01. The summed E-state index contributed by atoms with van der Waals surface area (Å²) in [5.74, 6) is 2.23. The summed E-state index contributed by atoms with van der Waals surface area (Å²) in [6, 6.07) is 0.758. The summed E-state index contributed by atoms with van der Waals surface area (Å²) >= 11 is 0. The summed E-state index contributed by atoms with van der Waals surface area (Å²) < 4.78 is 2.09. The van der Waals surface area contributed by atoms with Gasteiger partial charge in [-0.3, -0.25) is 4.68 Å². The van der Waals surface area contributed by atoms with E-state index in [9.17, 15) is 0 Å². The smallest absolute Gasteiger partial charge is 0.131 e. The number of nitrogens with zero attached hydrogens (tertiary/aromatic N) is 3. The predicted molar refractivity (Wildman–Crippen MR) is 83.0 cm³/mol. The van der Waals surface area contributed by atoms with E-state index < -0.39 is 0 Å².